The van der Waals surface area contributed by atoms with E-state index in [1.54, 1.807) is 55.5 Å². The molecule has 0 saturated carbocycles. The minimum Gasteiger partial charge on any atom is -0.345 e. The maximum absolute atomic E-state index is 12.9. The van der Waals surface area contributed by atoms with E-state index >= 15 is 0 Å². The number of thiazole rings is 2. The highest BCUT2D eigenvalue weighted by Gasteiger charge is 2.31. The van der Waals surface area contributed by atoms with E-state index in [1.165, 1.54) is 27.8 Å². The van der Waals surface area contributed by atoms with Crippen molar-refractivity contribution >= 4 is 53.0 Å². The third-order valence-electron chi connectivity index (χ3n) is 10.9. The Kier molecular flexibility index (Phi) is 12.5. The highest BCUT2D eigenvalue weighted by Crippen LogP contribution is 2.34. The molecule has 0 amide bonds. The Balaban J connectivity index is 0.000000177. The molecule has 2 aromatic heterocycles. The number of sulfonamides is 2. The van der Waals surface area contributed by atoms with Crippen molar-refractivity contribution in [2.75, 3.05) is 62.2 Å². The lowest BCUT2D eigenvalue weighted by Crippen LogP contribution is -2.48. The van der Waals surface area contributed by atoms with E-state index in [0.29, 0.717) is 62.1 Å². The van der Waals surface area contributed by atoms with Crippen molar-refractivity contribution < 1.29 is 16.8 Å². The van der Waals surface area contributed by atoms with Crippen LogP contribution in [0.2, 0.25) is 0 Å². The molecular formula is C44H50N6O4S4. The fourth-order valence-corrected chi connectivity index (χ4v) is 11.9. The fourth-order valence-electron chi connectivity index (χ4n) is 7.26. The second-order valence-electron chi connectivity index (χ2n) is 15.0. The normalized spacial score (nSPS) is 15.6. The Bertz CT molecular complexity index is 2570. The second kappa shape index (κ2) is 17.4. The molecule has 8 rings (SSSR count). The Morgan fingerprint density at radius 3 is 1.34 bits per heavy atom. The van der Waals surface area contributed by atoms with Crippen molar-refractivity contribution in [1.82, 2.24) is 18.6 Å². The number of anilines is 2. The lowest BCUT2D eigenvalue weighted by Gasteiger charge is -2.33. The van der Waals surface area contributed by atoms with Gasteiger partial charge >= 0.3 is 0 Å². The summed E-state index contributed by atoms with van der Waals surface area (Å²) in [6, 6.07) is 26.7. The van der Waals surface area contributed by atoms with Crippen LogP contribution in [0.5, 0.6) is 0 Å². The number of benzene rings is 4. The van der Waals surface area contributed by atoms with Gasteiger partial charge in [0.2, 0.25) is 20.0 Å². The molecule has 0 radical (unpaired) electrons. The summed E-state index contributed by atoms with van der Waals surface area (Å²) in [4.78, 5) is 14.8. The van der Waals surface area contributed by atoms with Gasteiger partial charge in [0.1, 0.15) is 0 Å². The van der Waals surface area contributed by atoms with Crippen LogP contribution >= 0.6 is 22.7 Å². The molecule has 58 heavy (non-hydrogen) atoms. The zero-order chi connectivity index (χ0) is 41.2. The Morgan fingerprint density at radius 1 is 0.483 bits per heavy atom. The van der Waals surface area contributed by atoms with Gasteiger partial charge in [0.25, 0.3) is 0 Å². The average molecular weight is 855 g/mol. The zero-order valence-electron chi connectivity index (χ0n) is 33.8. The van der Waals surface area contributed by atoms with Gasteiger partial charge in [-0.25, -0.2) is 26.8 Å². The third kappa shape index (κ3) is 8.92. The minimum atomic E-state index is -3.44. The van der Waals surface area contributed by atoms with E-state index in [4.69, 9.17) is 9.97 Å². The predicted molar refractivity (Wildman–Crippen MR) is 238 cm³/mol. The summed E-state index contributed by atoms with van der Waals surface area (Å²) in [5, 5.41) is 6.09. The number of aromatic nitrogens is 2. The summed E-state index contributed by atoms with van der Waals surface area (Å²) >= 11 is 3.24. The molecule has 14 heteroatoms. The highest BCUT2D eigenvalue weighted by atomic mass is 32.2. The summed E-state index contributed by atoms with van der Waals surface area (Å²) in [5.74, 6) is 0. The number of aryl methyl sites for hydroxylation is 5. The monoisotopic (exact) mass is 854 g/mol. The molecule has 6 aromatic rings. The number of nitrogens with zero attached hydrogens (tertiary/aromatic N) is 6. The molecule has 2 saturated heterocycles. The summed E-state index contributed by atoms with van der Waals surface area (Å²) in [7, 11) is -6.89. The number of hydrogen-bond acceptors (Lipinski definition) is 10. The molecule has 4 aromatic carbocycles. The van der Waals surface area contributed by atoms with E-state index < -0.39 is 20.0 Å². The van der Waals surface area contributed by atoms with Gasteiger partial charge in [-0.05, 0) is 88.1 Å². The van der Waals surface area contributed by atoms with Gasteiger partial charge < -0.3 is 9.80 Å². The summed E-state index contributed by atoms with van der Waals surface area (Å²) in [5.41, 5.74) is 11.4. The van der Waals surface area contributed by atoms with E-state index in [1.807, 2.05) is 38.1 Å². The number of rotatable bonds is 8. The number of piperazine rings is 2. The molecule has 2 aliphatic rings. The van der Waals surface area contributed by atoms with Crippen molar-refractivity contribution in [2.45, 2.75) is 51.3 Å². The molecule has 0 unspecified atom stereocenters. The lowest BCUT2D eigenvalue weighted by molar-refractivity contribution is 0.384. The van der Waals surface area contributed by atoms with Crippen LogP contribution in [-0.2, 0) is 20.0 Å². The standard InChI is InChI=1S/2C22H25N3O2S2/c1-16-7-9-19(10-8-16)29(26,27)25-13-11-24(12-14-25)22-23-21(15-28-22)20-6-4-5-17(2)18(20)3;1-16-7-9-19(10-8-16)29(26,27)25-13-11-24(12-14-25)22-23-20(15-28-22)21-17(2)5-4-6-18(21)3/h2*4-10,15H,11-14H2,1-3H3. The van der Waals surface area contributed by atoms with Gasteiger partial charge in [-0.2, -0.15) is 8.61 Å². The van der Waals surface area contributed by atoms with Crippen LogP contribution < -0.4 is 9.80 Å². The molecule has 10 nitrogen and oxygen atoms in total. The summed E-state index contributed by atoms with van der Waals surface area (Å²) in [6.45, 7) is 16.8. The molecule has 0 bridgehead atoms. The molecule has 304 valence electrons. The third-order valence-corrected chi connectivity index (χ3v) is 16.6. The number of hydrogen-bond donors (Lipinski definition) is 0. The van der Waals surface area contributed by atoms with E-state index in [2.05, 4.69) is 84.7 Å². The van der Waals surface area contributed by atoms with Gasteiger partial charge in [-0.15, -0.1) is 22.7 Å². The van der Waals surface area contributed by atoms with Crippen LogP contribution in [0.15, 0.2) is 105 Å². The van der Waals surface area contributed by atoms with Gasteiger partial charge in [0.15, 0.2) is 10.3 Å². The van der Waals surface area contributed by atoms with E-state index in [0.717, 1.165) is 38.3 Å². The average Bonchev–Trinajstić information content (AvgIpc) is 3.91. The first-order valence-corrected chi connectivity index (χ1v) is 24.0. The van der Waals surface area contributed by atoms with Crippen molar-refractivity contribution in [3.05, 3.63) is 129 Å². The minimum absolute atomic E-state index is 0.364. The molecule has 0 atom stereocenters. The van der Waals surface area contributed by atoms with Crippen LogP contribution in [-0.4, -0.2) is 87.8 Å². The summed E-state index contributed by atoms with van der Waals surface area (Å²) < 4.78 is 54.7. The first-order chi connectivity index (χ1) is 27.7. The van der Waals surface area contributed by atoms with Gasteiger partial charge in [-0.3, -0.25) is 0 Å². The summed E-state index contributed by atoms with van der Waals surface area (Å²) in [6.07, 6.45) is 0. The first kappa shape index (κ1) is 41.7. The fraction of sp³-hybridized carbons (Fsp3) is 0.318. The maximum atomic E-state index is 12.9. The molecule has 0 spiro atoms. The Labute approximate surface area is 351 Å². The van der Waals surface area contributed by atoms with Crippen molar-refractivity contribution in [1.29, 1.82) is 0 Å². The largest absolute Gasteiger partial charge is 0.345 e. The SMILES string of the molecule is Cc1ccc(S(=O)(=O)N2CCN(c3nc(-c4c(C)cccc4C)cs3)CC2)cc1.Cc1ccc(S(=O)(=O)N2CCN(c3nc(-c4cccc(C)c4C)cs3)CC2)cc1. The topological polar surface area (TPSA) is 107 Å². The smallest absolute Gasteiger partial charge is 0.243 e. The molecular weight excluding hydrogens is 805 g/mol. The quantitative estimate of drug-likeness (QED) is 0.150. The van der Waals surface area contributed by atoms with E-state index in [9.17, 15) is 16.8 Å². The van der Waals surface area contributed by atoms with Crippen LogP contribution in [0.25, 0.3) is 22.5 Å². The van der Waals surface area contributed by atoms with Gasteiger partial charge in [-0.1, -0.05) is 71.8 Å². The van der Waals surface area contributed by atoms with Crippen LogP contribution in [0, 0.1) is 41.5 Å². The molecule has 4 heterocycles. The molecule has 2 fully saturated rings. The first-order valence-electron chi connectivity index (χ1n) is 19.4. The van der Waals surface area contributed by atoms with Gasteiger partial charge in [0, 0.05) is 74.2 Å². The van der Waals surface area contributed by atoms with Crippen LogP contribution in [0.1, 0.15) is 33.4 Å². The lowest BCUT2D eigenvalue weighted by atomic mass is 10.0. The molecule has 0 aliphatic carbocycles. The van der Waals surface area contributed by atoms with Crippen molar-refractivity contribution in [2.24, 2.45) is 0 Å². The van der Waals surface area contributed by atoms with E-state index in [-0.39, 0.29) is 0 Å². The second-order valence-corrected chi connectivity index (χ2v) is 20.5. The zero-order valence-corrected chi connectivity index (χ0v) is 37.1. The van der Waals surface area contributed by atoms with Crippen LogP contribution in [0.3, 0.4) is 0 Å². The van der Waals surface area contributed by atoms with Gasteiger partial charge in [0.05, 0.1) is 21.2 Å². The Hall–Kier alpha value is -4.44. The highest BCUT2D eigenvalue weighted by molar-refractivity contribution is 7.89. The van der Waals surface area contributed by atoms with Crippen LogP contribution in [0.4, 0.5) is 10.3 Å². The Morgan fingerprint density at radius 2 is 0.879 bits per heavy atom. The maximum Gasteiger partial charge on any atom is 0.243 e. The molecule has 0 N–H and O–H groups in total. The van der Waals surface area contributed by atoms with Crippen molar-refractivity contribution in [3.8, 4) is 22.5 Å². The van der Waals surface area contributed by atoms with Crippen molar-refractivity contribution in [3.63, 3.8) is 0 Å². The molecule has 2 aliphatic heterocycles. The predicted octanol–water partition coefficient (Wildman–Crippen LogP) is 8.49.